The lowest BCUT2D eigenvalue weighted by Gasteiger charge is -2.34. The Morgan fingerprint density at radius 1 is 1.11 bits per heavy atom. The Hall–Kier alpha value is -4.24. The summed E-state index contributed by atoms with van der Waals surface area (Å²) in [7, 11) is 2.15. The minimum atomic E-state index is -1.01. The maximum Gasteiger partial charge on any atom is 0.245 e. The number of allylic oxidation sites excluding steroid dienone is 2. The summed E-state index contributed by atoms with van der Waals surface area (Å²) in [6.07, 6.45) is 13.7. The second-order valence-electron chi connectivity index (χ2n) is 8.64. The van der Waals surface area contributed by atoms with Crippen LogP contribution in [0, 0.1) is 0 Å². The molecule has 9 heteroatoms. The predicted octanol–water partition coefficient (Wildman–Crippen LogP) is 2.65. The molecule has 1 aromatic carbocycles. The van der Waals surface area contributed by atoms with Gasteiger partial charge in [-0.25, -0.2) is 9.97 Å². The molecular formula is C26H28N8O. The van der Waals surface area contributed by atoms with Gasteiger partial charge in [-0.15, -0.1) is 0 Å². The van der Waals surface area contributed by atoms with E-state index in [2.05, 4.69) is 61.5 Å². The van der Waals surface area contributed by atoms with Gasteiger partial charge < -0.3 is 25.8 Å². The molecule has 2 aromatic heterocycles. The molecule has 0 saturated carbocycles. The van der Waals surface area contributed by atoms with Gasteiger partial charge in [0.2, 0.25) is 11.9 Å². The van der Waals surface area contributed by atoms with Gasteiger partial charge in [0.1, 0.15) is 0 Å². The highest BCUT2D eigenvalue weighted by Crippen LogP contribution is 2.29. The highest BCUT2D eigenvalue weighted by molar-refractivity contribution is 5.89. The summed E-state index contributed by atoms with van der Waals surface area (Å²) in [6, 6.07) is 8.31. The number of nitrogens with one attached hydrogen (secondary N) is 3. The molecule has 1 amide bonds. The van der Waals surface area contributed by atoms with Crippen molar-refractivity contribution >= 4 is 34.1 Å². The highest BCUT2D eigenvalue weighted by atomic mass is 16.1. The fraction of sp³-hybridized carbons (Fsp3) is 0.231. The van der Waals surface area contributed by atoms with Crippen molar-refractivity contribution in [2.24, 2.45) is 0 Å². The number of fused-ring (bicyclic) bond motifs is 1. The second-order valence-corrected chi connectivity index (χ2v) is 8.64. The molecule has 1 atom stereocenters. The van der Waals surface area contributed by atoms with Crippen LogP contribution in [0.5, 0.6) is 0 Å². The standard InChI is InChI=1S/C26H28N8O/c1-3-23(35)32-26(10-4-5-11-29-26)22-18-27-16-19-17-28-25(31-24(19)22)30-20-6-8-21(9-7-20)34-14-12-33(2)13-15-34/h3-11,16-18,29H,1,12-15H2,2H3,(H,32,35)(H,28,30,31). The first-order chi connectivity index (χ1) is 17.1. The first kappa shape index (κ1) is 22.5. The SMILES string of the molecule is C=CC(=O)NC1(c2cncc3cnc(Nc4ccc(N5CCN(C)CC5)cc4)nc23)C=CC=CN1. The molecular weight excluding hydrogens is 440 g/mol. The smallest absolute Gasteiger partial charge is 0.245 e. The number of hydrogen-bond acceptors (Lipinski definition) is 8. The lowest BCUT2D eigenvalue weighted by Crippen LogP contribution is -2.53. The summed E-state index contributed by atoms with van der Waals surface area (Å²) >= 11 is 0. The molecule has 1 unspecified atom stereocenters. The molecule has 2 aliphatic heterocycles. The number of anilines is 3. The van der Waals surface area contributed by atoms with Crippen molar-refractivity contribution in [2.75, 3.05) is 43.4 Å². The molecule has 3 N–H and O–H groups in total. The molecule has 1 saturated heterocycles. The molecule has 9 nitrogen and oxygen atoms in total. The zero-order chi connectivity index (χ0) is 24.3. The first-order valence-corrected chi connectivity index (χ1v) is 11.5. The molecule has 178 valence electrons. The summed E-state index contributed by atoms with van der Waals surface area (Å²) < 4.78 is 0. The molecule has 4 heterocycles. The Bertz CT molecular complexity index is 1290. The lowest BCUT2D eigenvalue weighted by molar-refractivity contribution is -0.118. The summed E-state index contributed by atoms with van der Waals surface area (Å²) in [6.45, 7) is 7.75. The van der Waals surface area contributed by atoms with Crippen LogP contribution in [0.2, 0.25) is 0 Å². The minimum absolute atomic E-state index is 0.317. The molecule has 0 spiro atoms. The van der Waals surface area contributed by atoms with Crippen LogP contribution in [-0.4, -0.2) is 59.0 Å². The van der Waals surface area contributed by atoms with Crippen LogP contribution in [0.25, 0.3) is 10.9 Å². The minimum Gasteiger partial charge on any atom is -0.369 e. The monoisotopic (exact) mass is 468 g/mol. The maximum atomic E-state index is 12.3. The number of pyridine rings is 1. The molecule has 0 radical (unpaired) electrons. The number of amides is 1. The van der Waals surface area contributed by atoms with Crippen molar-refractivity contribution in [3.05, 3.63) is 85.5 Å². The van der Waals surface area contributed by atoms with Gasteiger partial charge in [-0.05, 0) is 55.7 Å². The van der Waals surface area contributed by atoms with Crippen molar-refractivity contribution in [1.29, 1.82) is 0 Å². The number of dihydropyridines is 1. The van der Waals surface area contributed by atoms with Gasteiger partial charge in [0.25, 0.3) is 0 Å². The van der Waals surface area contributed by atoms with Crippen LogP contribution in [0.15, 0.2) is 79.9 Å². The fourth-order valence-corrected chi connectivity index (χ4v) is 4.29. The van der Waals surface area contributed by atoms with E-state index < -0.39 is 5.66 Å². The van der Waals surface area contributed by atoms with E-state index in [1.54, 1.807) is 24.8 Å². The van der Waals surface area contributed by atoms with Gasteiger partial charge in [-0.1, -0.05) is 12.7 Å². The number of rotatable bonds is 6. The third kappa shape index (κ3) is 4.71. The Labute approximate surface area is 204 Å². The van der Waals surface area contributed by atoms with E-state index in [1.807, 2.05) is 30.4 Å². The molecule has 3 aromatic rings. The zero-order valence-electron chi connectivity index (χ0n) is 19.6. The van der Waals surface area contributed by atoms with Crippen molar-refractivity contribution in [2.45, 2.75) is 5.66 Å². The van der Waals surface area contributed by atoms with E-state index in [1.165, 1.54) is 11.8 Å². The predicted molar refractivity (Wildman–Crippen MR) is 138 cm³/mol. The Kier molecular flexibility index (Phi) is 6.15. The third-order valence-corrected chi connectivity index (χ3v) is 6.28. The summed E-state index contributed by atoms with van der Waals surface area (Å²) in [5.74, 6) is 0.139. The van der Waals surface area contributed by atoms with Gasteiger partial charge >= 0.3 is 0 Å². The highest BCUT2D eigenvalue weighted by Gasteiger charge is 2.33. The number of likely N-dealkylation sites (N-methyl/N-ethyl adjacent to an activating group) is 1. The number of piperazine rings is 1. The van der Waals surface area contributed by atoms with E-state index in [-0.39, 0.29) is 5.91 Å². The van der Waals surface area contributed by atoms with Gasteiger partial charge in [-0.3, -0.25) is 9.78 Å². The van der Waals surface area contributed by atoms with Gasteiger partial charge in [0.05, 0.1) is 5.52 Å². The molecule has 5 rings (SSSR count). The number of carbonyl (C=O) groups excluding carboxylic acids is 1. The van der Waals surface area contributed by atoms with Gasteiger partial charge in [0.15, 0.2) is 5.66 Å². The fourth-order valence-electron chi connectivity index (χ4n) is 4.29. The van der Waals surface area contributed by atoms with E-state index in [0.717, 1.165) is 37.3 Å². The molecule has 0 aliphatic carbocycles. The number of nitrogens with zero attached hydrogens (tertiary/aromatic N) is 5. The van der Waals surface area contributed by atoms with Crippen LogP contribution in [0.3, 0.4) is 0 Å². The van der Waals surface area contributed by atoms with E-state index >= 15 is 0 Å². The van der Waals surface area contributed by atoms with Gasteiger partial charge in [0, 0.05) is 67.1 Å². The average Bonchev–Trinajstić information content (AvgIpc) is 2.90. The zero-order valence-corrected chi connectivity index (χ0v) is 19.6. The lowest BCUT2D eigenvalue weighted by atomic mass is 9.96. The van der Waals surface area contributed by atoms with E-state index in [9.17, 15) is 4.79 Å². The molecule has 2 aliphatic rings. The summed E-state index contributed by atoms with van der Waals surface area (Å²) in [5, 5.41) is 10.3. The number of aromatic nitrogens is 3. The van der Waals surface area contributed by atoms with Crippen LogP contribution >= 0.6 is 0 Å². The van der Waals surface area contributed by atoms with Crippen LogP contribution < -0.4 is 20.9 Å². The largest absolute Gasteiger partial charge is 0.369 e. The van der Waals surface area contributed by atoms with Crippen LogP contribution in [0.4, 0.5) is 17.3 Å². The quantitative estimate of drug-likeness (QED) is 0.475. The van der Waals surface area contributed by atoms with Crippen LogP contribution in [0.1, 0.15) is 5.56 Å². The number of carbonyl (C=O) groups is 1. The first-order valence-electron chi connectivity index (χ1n) is 11.5. The maximum absolute atomic E-state index is 12.3. The molecule has 0 bridgehead atoms. The molecule has 1 fully saturated rings. The van der Waals surface area contributed by atoms with Crippen LogP contribution in [-0.2, 0) is 10.5 Å². The Balaban J connectivity index is 1.43. The second kappa shape index (κ2) is 9.55. The topological polar surface area (TPSA) is 98.3 Å². The number of benzene rings is 1. The van der Waals surface area contributed by atoms with E-state index in [4.69, 9.17) is 4.98 Å². The van der Waals surface area contributed by atoms with E-state index in [0.29, 0.717) is 17.0 Å². The molecule has 35 heavy (non-hydrogen) atoms. The van der Waals surface area contributed by atoms with Crippen molar-refractivity contribution in [3.63, 3.8) is 0 Å². The van der Waals surface area contributed by atoms with Crippen molar-refractivity contribution in [1.82, 2.24) is 30.5 Å². The summed E-state index contributed by atoms with van der Waals surface area (Å²) in [4.78, 5) is 30.6. The van der Waals surface area contributed by atoms with Gasteiger partial charge in [-0.2, -0.15) is 0 Å². The van der Waals surface area contributed by atoms with Crippen molar-refractivity contribution in [3.8, 4) is 0 Å². The third-order valence-electron chi connectivity index (χ3n) is 6.28. The van der Waals surface area contributed by atoms with Crippen molar-refractivity contribution < 1.29 is 4.79 Å². The Morgan fingerprint density at radius 2 is 1.91 bits per heavy atom. The number of hydrogen-bond donors (Lipinski definition) is 3. The summed E-state index contributed by atoms with van der Waals surface area (Å²) in [5.41, 5.74) is 2.46. The normalized spacial score (nSPS) is 19.9. The Morgan fingerprint density at radius 3 is 2.63 bits per heavy atom. The average molecular weight is 469 g/mol.